The maximum Gasteiger partial charge on any atom is 0.272 e. The molecule has 0 N–H and O–H groups in total. The lowest BCUT2D eigenvalue weighted by Gasteiger charge is -2.32. The molecule has 0 saturated carbocycles. The molecule has 5 heteroatoms. The predicted octanol–water partition coefficient (Wildman–Crippen LogP) is 3.98. The topological polar surface area (TPSA) is 63.2 Å². The maximum atomic E-state index is 13.3. The lowest BCUT2D eigenvalue weighted by atomic mass is 9.88. The lowest BCUT2D eigenvalue weighted by molar-refractivity contribution is 0.0632. The number of aromatic nitrogens is 2. The fourth-order valence-corrected chi connectivity index (χ4v) is 4.02. The van der Waals surface area contributed by atoms with Gasteiger partial charge in [0, 0.05) is 30.3 Å². The number of benzene rings is 2. The Bertz CT molecular complexity index is 1040. The van der Waals surface area contributed by atoms with Gasteiger partial charge < -0.3 is 4.90 Å². The number of rotatable bonds is 3. The molecule has 1 fully saturated rings. The van der Waals surface area contributed by atoms with E-state index in [4.69, 9.17) is 0 Å². The SMILES string of the molecule is Cc1cc(C(=O)N2CCC[C@@H](C(=O)c3cccc4ccccc34)C2)nc(C)n1. The minimum atomic E-state index is -0.187. The van der Waals surface area contributed by atoms with Crippen LogP contribution in [0.25, 0.3) is 10.8 Å². The molecule has 0 radical (unpaired) electrons. The minimum Gasteiger partial charge on any atom is -0.337 e. The first-order chi connectivity index (χ1) is 13.5. The summed E-state index contributed by atoms with van der Waals surface area (Å²) in [6.45, 7) is 4.73. The van der Waals surface area contributed by atoms with Gasteiger partial charge in [-0.3, -0.25) is 9.59 Å². The van der Waals surface area contributed by atoms with Gasteiger partial charge in [0.05, 0.1) is 0 Å². The van der Waals surface area contributed by atoms with Gasteiger partial charge in [0.15, 0.2) is 5.78 Å². The summed E-state index contributed by atoms with van der Waals surface area (Å²) in [7, 11) is 0. The Morgan fingerprint density at radius 2 is 1.82 bits per heavy atom. The van der Waals surface area contributed by atoms with Crippen LogP contribution in [0.1, 0.15) is 45.2 Å². The summed E-state index contributed by atoms with van der Waals surface area (Å²) in [4.78, 5) is 36.5. The zero-order chi connectivity index (χ0) is 19.7. The molecule has 0 unspecified atom stereocenters. The summed E-state index contributed by atoms with van der Waals surface area (Å²) in [5, 5.41) is 2.03. The number of ketones is 1. The summed E-state index contributed by atoms with van der Waals surface area (Å²) < 4.78 is 0. The van der Waals surface area contributed by atoms with Crippen LogP contribution in [0.2, 0.25) is 0 Å². The van der Waals surface area contributed by atoms with Gasteiger partial charge in [-0.15, -0.1) is 0 Å². The lowest BCUT2D eigenvalue weighted by Crippen LogP contribution is -2.42. The van der Waals surface area contributed by atoms with Crippen LogP contribution >= 0.6 is 0 Å². The van der Waals surface area contributed by atoms with Crippen molar-refractivity contribution in [1.82, 2.24) is 14.9 Å². The van der Waals surface area contributed by atoms with Crippen molar-refractivity contribution in [2.45, 2.75) is 26.7 Å². The normalized spacial score (nSPS) is 16.9. The van der Waals surface area contributed by atoms with Gasteiger partial charge in [0.25, 0.3) is 5.91 Å². The van der Waals surface area contributed by atoms with Crippen molar-refractivity contribution >= 4 is 22.5 Å². The number of likely N-dealkylation sites (tertiary alicyclic amines) is 1. The van der Waals surface area contributed by atoms with Crippen LogP contribution in [0.15, 0.2) is 48.5 Å². The van der Waals surface area contributed by atoms with Crippen LogP contribution in [-0.4, -0.2) is 39.6 Å². The Balaban J connectivity index is 1.58. The van der Waals surface area contributed by atoms with Crippen molar-refractivity contribution in [3.05, 3.63) is 71.3 Å². The number of hydrogen-bond acceptors (Lipinski definition) is 4. The van der Waals surface area contributed by atoms with Crippen LogP contribution in [-0.2, 0) is 0 Å². The standard InChI is InChI=1S/C23H23N3O2/c1-15-13-21(25-16(2)24-15)23(28)26-12-6-9-18(14-26)22(27)20-11-5-8-17-7-3-4-10-19(17)20/h3-5,7-8,10-11,13,18H,6,9,12,14H2,1-2H3/t18-/m1/s1. The minimum absolute atomic E-state index is 0.115. The zero-order valence-electron chi connectivity index (χ0n) is 16.2. The van der Waals surface area contributed by atoms with Gasteiger partial charge in [-0.05, 0) is 43.5 Å². The Hall–Kier alpha value is -3.08. The van der Waals surface area contributed by atoms with Crippen molar-refractivity contribution in [1.29, 1.82) is 0 Å². The Morgan fingerprint density at radius 1 is 1.04 bits per heavy atom. The van der Waals surface area contributed by atoms with E-state index in [2.05, 4.69) is 9.97 Å². The monoisotopic (exact) mass is 373 g/mol. The fourth-order valence-electron chi connectivity index (χ4n) is 4.02. The molecule has 5 nitrogen and oxygen atoms in total. The number of nitrogens with zero attached hydrogens (tertiary/aromatic N) is 3. The van der Waals surface area contributed by atoms with Gasteiger partial charge in [-0.1, -0.05) is 42.5 Å². The van der Waals surface area contributed by atoms with Gasteiger partial charge >= 0.3 is 0 Å². The van der Waals surface area contributed by atoms with E-state index in [0.717, 1.165) is 34.9 Å². The molecule has 0 spiro atoms. The van der Waals surface area contributed by atoms with Crippen molar-refractivity contribution in [2.24, 2.45) is 5.92 Å². The summed E-state index contributed by atoms with van der Waals surface area (Å²) in [5.74, 6) is 0.393. The number of carbonyl (C=O) groups is 2. The molecule has 28 heavy (non-hydrogen) atoms. The largest absolute Gasteiger partial charge is 0.337 e. The van der Waals surface area contributed by atoms with Crippen LogP contribution in [0.4, 0.5) is 0 Å². The second-order valence-corrected chi connectivity index (χ2v) is 7.42. The third-order valence-corrected chi connectivity index (χ3v) is 5.32. The average Bonchev–Trinajstić information content (AvgIpc) is 2.71. The van der Waals surface area contributed by atoms with Gasteiger partial charge in [-0.25, -0.2) is 9.97 Å². The summed E-state index contributed by atoms with van der Waals surface area (Å²) in [6, 6.07) is 15.5. The van der Waals surface area contributed by atoms with Gasteiger partial charge in [-0.2, -0.15) is 0 Å². The number of Topliss-reactive ketones (excluding diaryl/α,β-unsaturated/α-hetero) is 1. The van der Waals surface area contributed by atoms with Crippen molar-refractivity contribution in [2.75, 3.05) is 13.1 Å². The average molecular weight is 373 g/mol. The number of fused-ring (bicyclic) bond motifs is 1. The molecule has 4 rings (SSSR count). The fraction of sp³-hybridized carbons (Fsp3) is 0.304. The molecule has 1 saturated heterocycles. The number of piperidine rings is 1. The Labute approximate surface area is 164 Å². The number of amides is 1. The summed E-state index contributed by atoms with van der Waals surface area (Å²) in [6.07, 6.45) is 1.61. The Kier molecular flexibility index (Phi) is 4.90. The number of hydrogen-bond donors (Lipinski definition) is 0. The number of aryl methyl sites for hydroxylation is 2. The molecule has 0 bridgehead atoms. The first kappa shape index (κ1) is 18.3. The molecule has 2 heterocycles. The Morgan fingerprint density at radius 3 is 2.64 bits per heavy atom. The molecule has 1 aromatic heterocycles. The van der Waals surface area contributed by atoms with E-state index in [1.165, 1.54) is 0 Å². The van der Waals surface area contributed by atoms with Crippen molar-refractivity contribution < 1.29 is 9.59 Å². The molecule has 142 valence electrons. The van der Waals surface area contributed by atoms with E-state index < -0.39 is 0 Å². The highest BCUT2D eigenvalue weighted by Gasteiger charge is 2.30. The molecule has 2 aromatic carbocycles. The molecule has 1 aliphatic heterocycles. The van der Waals surface area contributed by atoms with Gasteiger partial charge in [0.2, 0.25) is 0 Å². The molecule has 3 aromatic rings. The molecule has 0 aliphatic carbocycles. The zero-order valence-corrected chi connectivity index (χ0v) is 16.2. The highest BCUT2D eigenvalue weighted by Crippen LogP contribution is 2.26. The van der Waals surface area contributed by atoms with E-state index in [0.29, 0.717) is 24.6 Å². The smallest absolute Gasteiger partial charge is 0.272 e. The third kappa shape index (κ3) is 3.52. The molecule has 1 atom stereocenters. The molecular formula is C23H23N3O2. The molecule has 1 aliphatic rings. The molecule has 1 amide bonds. The van der Waals surface area contributed by atoms with E-state index in [1.54, 1.807) is 17.9 Å². The van der Waals surface area contributed by atoms with Crippen LogP contribution in [0.3, 0.4) is 0 Å². The maximum absolute atomic E-state index is 13.3. The van der Waals surface area contributed by atoms with Crippen LogP contribution < -0.4 is 0 Å². The predicted molar refractivity (Wildman–Crippen MR) is 108 cm³/mol. The van der Waals surface area contributed by atoms with Crippen molar-refractivity contribution in [3.8, 4) is 0 Å². The summed E-state index contributed by atoms with van der Waals surface area (Å²) >= 11 is 0. The van der Waals surface area contributed by atoms with E-state index in [1.807, 2.05) is 49.4 Å². The third-order valence-electron chi connectivity index (χ3n) is 5.32. The molecular weight excluding hydrogens is 350 g/mol. The van der Waals surface area contributed by atoms with E-state index in [-0.39, 0.29) is 17.6 Å². The quantitative estimate of drug-likeness (QED) is 0.652. The van der Waals surface area contributed by atoms with Crippen molar-refractivity contribution in [3.63, 3.8) is 0 Å². The van der Waals surface area contributed by atoms with Crippen LogP contribution in [0.5, 0.6) is 0 Å². The second-order valence-electron chi connectivity index (χ2n) is 7.42. The van der Waals surface area contributed by atoms with E-state index in [9.17, 15) is 9.59 Å². The summed E-state index contributed by atoms with van der Waals surface area (Å²) in [5.41, 5.74) is 1.92. The highest BCUT2D eigenvalue weighted by molar-refractivity contribution is 6.09. The highest BCUT2D eigenvalue weighted by atomic mass is 16.2. The number of carbonyl (C=O) groups excluding carboxylic acids is 2. The van der Waals surface area contributed by atoms with E-state index >= 15 is 0 Å². The first-order valence-corrected chi connectivity index (χ1v) is 9.66. The first-order valence-electron chi connectivity index (χ1n) is 9.66. The van der Waals surface area contributed by atoms with Gasteiger partial charge in [0.1, 0.15) is 11.5 Å². The second kappa shape index (κ2) is 7.50. The van der Waals surface area contributed by atoms with Crippen LogP contribution in [0, 0.1) is 19.8 Å².